The van der Waals surface area contributed by atoms with E-state index in [0.717, 1.165) is 12.8 Å². The van der Waals surface area contributed by atoms with E-state index in [1.54, 1.807) is 0 Å². The van der Waals surface area contributed by atoms with Crippen molar-refractivity contribution in [2.24, 2.45) is 11.8 Å². The van der Waals surface area contributed by atoms with Crippen LogP contribution < -0.4 is 0 Å². The Bertz CT molecular complexity index is 182. The van der Waals surface area contributed by atoms with Gasteiger partial charge in [0.25, 0.3) is 0 Å². The molecular weight excluding hydrogens is 279 g/mol. The summed E-state index contributed by atoms with van der Waals surface area (Å²) in [5, 5.41) is 0. The Kier molecular flexibility index (Phi) is 4.49. The Hall–Kier alpha value is 0.200. The molecule has 1 saturated carbocycles. The van der Waals surface area contributed by atoms with E-state index < -0.39 is 0 Å². The summed E-state index contributed by atoms with van der Waals surface area (Å²) in [5.74, 6) is 0.664. The van der Waals surface area contributed by atoms with Gasteiger partial charge in [-0.15, -0.1) is 0 Å². The van der Waals surface area contributed by atoms with Gasteiger partial charge in [0.05, 0.1) is 12.5 Å². The van der Waals surface area contributed by atoms with Gasteiger partial charge in [-0.1, -0.05) is 29.5 Å². The maximum absolute atomic E-state index is 11.5. The highest BCUT2D eigenvalue weighted by Crippen LogP contribution is 2.34. The lowest BCUT2D eigenvalue weighted by atomic mass is 9.80. The Morgan fingerprint density at radius 3 is 2.85 bits per heavy atom. The number of rotatable bonds is 2. The van der Waals surface area contributed by atoms with E-state index in [0.29, 0.717) is 16.4 Å². The van der Waals surface area contributed by atoms with Crippen LogP contribution in [0.15, 0.2) is 0 Å². The monoisotopic (exact) mass is 296 g/mol. The van der Waals surface area contributed by atoms with Gasteiger partial charge in [-0.2, -0.15) is 0 Å². The molecule has 0 aliphatic heterocycles. The SMILES string of the molecule is CCOC(=O)[C@H]1C[C@H](I)CC[C@@H]1C. The maximum atomic E-state index is 11.5. The first-order valence-corrected chi connectivity index (χ1v) is 6.20. The molecule has 0 radical (unpaired) electrons. The molecule has 1 aliphatic carbocycles. The van der Waals surface area contributed by atoms with Gasteiger partial charge in [0.15, 0.2) is 0 Å². The Balaban J connectivity index is 2.50. The summed E-state index contributed by atoms with van der Waals surface area (Å²) < 4.78 is 5.71. The van der Waals surface area contributed by atoms with Gasteiger partial charge in [0.1, 0.15) is 0 Å². The molecule has 3 atom stereocenters. The molecule has 0 aromatic heterocycles. The standard InChI is InChI=1S/C10H17IO2/c1-3-13-10(12)9-6-8(11)5-4-7(9)2/h7-9H,3-6H2,1-2H3/t7-,8+,9-/m0/s1. The van der Waals surface area contributed by atoms with Crippen molar-refractivity contribution in [2.75, 3.05) is 6.61 Å². The molecule has 0 amide bonds. The molecule has 1 rings (SSSR count). The van der Waals surface area contributed by atoms with Gasteiger partial charge >= 0.3 is 5.97 Å². The number of carbonyl (C=O) groups excluding carboxylic acids is 1. The highest BCUT2D eigenvalue weighted by Gasteiger charge is 2.32. The Morgan fingerprint density at radius 2 is 2.23 bits per heavy atom. The van der Waals surface area contributed by atoms with Crippen LogP contribution in [0.4, 0.5) is 0 Å². The van der Waals surface area contributed by atoms with Crippen LogP contribution in [-0.2, 0) is 9.53 Å². The summed E-state index contributed by atoms with van der Waals surface area (Å²) in [4.78, 5) is 11.5. The lowest BCUT2D eigenvalue weighted by molar-refractivity contribution is -0.150. The van der Waals surface area contributed by atoms with Gasteiger partial charge in [-0.05, 0) is 32.1 Å². The third-order valence-corrected chi connectivity index (χ3v) is 3.85. The molecule has 0 unspecified atom stereocenters. The van der Waals surface area contributed by atoms with Crippen molar-refractivity contribution in [3.63, 3.8) is 0 Å². The number of alkyl halides is 1. The zero-order chi connectivity index (χ0) is 9.84. The van der Waals surface area contributed by atoms with Crippen molar-refractivity contribution in [1.29, 1.82) is 0 Å². The molecule has 0 aromatic rings. The molecule has 0 heterocycles. The van der Waals surface area contributed by atoms with Gasteiger partial charge in [-0.25, -0.2) is 0 Å². The molecule has 0 saturated heterocycles. The summed E-state index contributed by atoms with van der Waals surface area (Å²) >= 11 is 2.44. The molecule has 76 valence electrons. The Morgan fingerprint density at radius 1 is 1.54 bits per heavy atom. The summed E-state index contributed by atoms with van der Waals surface area (Å²) in [6, 6.07) is 0. The first kappa shape index (κ1) is 11.3. The van der Waals surface area contributed by atoms with E-state index in [-0.39, 0.29) is 11.9 Å². The average Bonchev–Trinajstić information content (AvgIpc) is 2.09. The van der Waals surface area contributed by atoms with Crippen molar-refractivity contribution in [3.05, 3.63) is 0 Å². The van der Waals surface area contributed by atoms with Crippen LogP contribution in [0, 0.1) is 11.8 Å². The van der Waals surface area contributed by atoms with E-state index in [1.807, 2.05) is 6.92 Å². The number of esters is 1. The molecule has 13 heavy (non-hydrogen) atoms. The van der Waals surface area contributed by atoms with Gasteiger partial charge in [0.2, 0.25) is 0 Å². The average molecular weight is 296 g/mol. The van der Waals surface area contributed by atoms with Crippen molar-refractivity contribution in [2.45, 2.75) is 37.0 Å². The van der Waals surface area contributed by atoms with Crippen LogP contribution in [0.25, 0.3) is 0 Å². The van der Waals surface area contributed by atoms with Gasteiger partial charge in [0, 0.05) is 3.92 Å². The van der Waals surface area contributed by atoms with Crippen LogP contribution in [0.3, 0.4) is 0 Å². The first-order chi connectivity index (χ1) is 6.15. The van der Waals surface area contributed by atoms with Gasteiger partial charge in [-0.3, -0.25) is 4.79 Å². The maximum Gasteiger partial charge on any atom is 0.309 e. The second-order valence-corrected chi connectivity index (χ2v) is 5.51. The van der Waals surface area contributed by atoms with E-state index >= 15 is 0 Å². The minimum Gasteiger partial charge on any atom is -0.466 e. The quantitative estimate of drug-likeness (QED) is 0.445. The first-order valence-electron chi connectivity index (χ1n) is 4.95. The van der Waals surface area contributed by atoms with Crippen LogP contribution in [0.1, 0.15) is 33.1 Å². The number of hydrogen-bond donors (Lipinski definition) is 0. The van der Waals surface area contributed by atoms with Crippen LogP contribution in [-0.4, -0.2) is 16.5 Å². The molecule has 0 N–H and O–H groups in total. The van der Waals surface area contributed by atoms with Crippen LogP contribution in [0.2, 0.25) is 0 Å². The molecule has 0 spiro atoms. The minimum absolute atomic E-state index is 0.0105. The van der Waals surface area contributed by atoms with Crippen molar-refractivity contribution >= 4 is 28.6 Å². The van der Waals surface area contributed by atoms with E-state index in [2.05, 4.69) is 29.5 Å². The second-order valence-electron chi connectivity index (χ2n) is 3.75. The molecule has 0 bridgehead atoms. The van der Waals surface area contributed by atoms with E-state index in [9.17, 15) is 4.79 Å². The van der Waals surface area contributed by atoms with E-state index in [1.165, 1.54) is 6.42 Å². The predicted octanol–water partition coefficient (Wildman–Crippen LogP) is 2.79. The summed E-state index contributed by atoms with van der Waals surface area (Å²) in [7, 11) is 0. The van der Waals surface area contributed by atoms with E-state index in [4.69, 9.17) is 4.74 Å². The normalized spacial score (nSPS) is 34.2. The lowest BCUT2D eigenvalue weighted by Gasteiger charge is -2.29. The third-order valence-electron chi connectivity index (χ3n) is 2.72. The fourth-order valence-electron chi connectivity index (χ4n) is 1.85. The molecule has 0 aromatic carbocycles. The zero-order valence-corrected chi connectivity index (χ0v) is 10.4. The number of carbonyl (C=O) groups is 1. The van der Waals surface area contributed by atoms with Crippen LogP contribution in [0.5, 0.6) is 0 Å². The van der Waals surface area contributed by atoms with Crippen molar-refractivity contribution in [1.82, 2.24) is 0 Å². The third kappa shape index (κ3) is 3.11. The number of halogens is 1. The number of hydrogen-bond acceptors (Lipinski definition) is 2. The second kappa shape index (κ2) is 5.17. The largest absolute Gasteiger partial charge is 0.466 e. The number of ether oxygens (including phenoxy) is 1. The van der Waals surface area contributed by atoms with Crippen molar-refractivity contribution < 1.29 is 9.53 Å². The highest BCUT2D eigenvalue weighted by molar-refractivity contribution is 14.1. The fraction of sp³-hybridized carbons (Fsp3) is 0.900. The van der Waals surface area contributed by atoms with Gasteiger partial charge < -0.3 is 4.74 Å². The summed E-state index contributed by atoms with van der Waals surface area (Å²) in [5.41, 5.74) is 0. The molecule has 2 nitrogen and oxygen atoms in total. The Labute approximate surface area is 93.6 Å². The zero-order valence-electron chi connectivity index (χ0n) is 8.25. The topological polar surface area (TPSA) is 26.3 Å². The smallest absolute Gasteiger partial charge is 0.309 e. The molecule has 3 heteroatoms. The summed E-state index contributed by atoms with van der Waals surface area (Å²) in [6.45, 7) is 4.53. The summed E-state index contributed by atoms with van der Waals surface area (Å²) in [6.07, 6.45) is 3.41. The predicted molar refractivity (Wildman–Crippen MR) is 60.9 cm³/mol. The molecule has 1 aliphatic rings. The van der Waals surface area contributed by atoms with Crippen molar-refractivity contribution in [3.8, 4) is 0 Å². The molecular formula is C10H17IO2. The lowest BCUT2D eigenvalue weighted by Crippen LogP contribution is -2.31. The highest BCUT2D eigenvalue weighted by atomic mass is 127. The minimum atomic E-state index is 0.0105. The fourth-order valence-corrected chi connectivity index (χ4v) is 2.76. The molecule has 1 fully saturated rings. The van der Waals surface area contributed by atoms with Crippen LogP contribution >= 0.6 is 22.6 Å².